The predicted octanol–water partition coefficient (Wildman–Crippen LogP) is 4.16. The minimum absolute atomic E-state index is 0.0209. The molecule has 5 aliphatic carbocycles. The number of nitrogens with one attached hydrogen (secondary N) is 3. The van der Waals surface area contributed by atoms with Crippen LogP contribution in [-0.2, 0) is 72.1 Å². The number of amides is 4. The number of aliphatic hydroxyl groups excluding tert-OH is 5. The van der Waals surface area contributed by atoms with Crippen molar-refractivity contribution in [2.75, 3.05) is 23.4 Å². The van der Waals surface area contributed by atoms with E-state index in [4.69, 9.17) is 23.7 Å². The van der Waals surface area contributed by atoms with Crippen molar-refractivity contribution in [2.45, 2.75) is 144 Å². The minimum atomic E-state index is -3.15. The Kier molecular flexibility index (Phi) is 17.6. The normalized spacial score (nSPS) is 30.6. The van der Waals surface area contributed by atoms with E-state index in [-0.39, 0.29) is 59.9 Å². The van der Waals surface area contributed by atoms with Crippen LogP contribution in [0.4, 0.5) is 25.0 Å². The Bertz CT molecular complexity index is 3820. The highest BCUT2D eigenvalue weighted by Crippen LogP contribution is 2.66. The Hall–Kier alpha value is -8.58. The number of carboxylic acids is 1. The fourth-order valence-corrected chi connectivity index (χ4v) is 15.3. The van der Waals surface area contributed by atoms with Gasteiger partial charge in [-0.25, -0.2) is 18.4 Å². The van der Waals surface area contributed by atoms with E-state index < -0.39 is 164 Å². The molecule has 6 fully saturated rings. The number of alkyl halides is 2. The highest BCUT2D eigenvalue weighted by molar-refractivity contribution is 6.40. The number of carbonyl (C=O) groups excluding carboxylic acids is 7. The Morgan fingerprint density at radius 2 is 1.56 bits per heavy atom. The van der Waals surface area contributed by atoms with Crippen LogP contribution in [0.1, 0.15) is 98.0 Å². The van der Waals surface area contributed by atoms with Crippen LogP contribution in [0.5, 0.6) is 5.75 Å². The van der Waals surface area contributed by atoms with E-state index in [1.807, 2.05) is 13.0 Å². The van der Waals surface area contributed by atoms with E-state index in [9.17, 15) is 77.8 Å². The molecule has 8 aliphatic rings. The number of carbonyl (C=O) groups is 8. The maximum Gasteiger partial charge on any atom is 0.407 e. The summed E-state index contributed by atoms with van der Waals surface area (Å²) < 4.78 is 59.4. The van der Waals surface area contributed by atoms with E-state index in [0.29, 0.717) is 47.2 Å². The van der Waals surface area contributed by atoms with Crippen molar-refractivity contribution >= 4 is 58.5 Å². The van der Waals surface area contributed by atoms with E-state index in [1.54, 1.807) is 84.9 Å². The second-order valence-corrected chi connectivity index (χ2v) is 25.5. The van der Waals surface area contributed by atoms with Crippen molar-refractivity contribution in [1.82, 2.24) is 10.6 Å². The molecular weight excluding hydrogens is 1210 g/mol. The van der Waals surface area contributed by atoms with Gasteiger partial charge in [-0.15, -0.1) is 0 Å². The van der Waals surface area contributed by atoms with E-state index in [0.717, 1.165) is 11.1 Å². The van der Waals surface area contributed by atoms with Crippen LogP contribution >= 0.6 is 0 Å². The zero-order valence-electron chi connectivity index (χ0n) is 50.2. The van der Waals surface area contributed by atoms with Crippen LogP contribution in [0.15, 0.2) is 115 Å². The number of carboxylic acid groups (broad SMARTS) is 1. The molecule has 488 valence electrons. The van der Waals surface area contributed by atoms with Gasteiger partial charge in [-0.2, -0.15) is 0 Å². The van der Waals surface area contributed by atoms with Gasteiger partial charge in [-0.05, 0) is 103 Å². The Labute approximate surface area is 531 Å². The zero-order chi connectivity index (χ0) is 65.9. The lowest BCUT2D eigenvalue weighted by Gasteiger charge is -2.56. The van der Waals surface area contributed by atoms with Gasteiger partial charge in [0, 0.05) is 59.7 Å². The number of ketones is 3. The molecule has 0 aromatic heterocycles. The van der Waals surface area contributed by atoms with Crippen LogP contribution in [0.25, 0.3) is 0 Å². The fourth-order valence-electron chi connectivity index (χ4n) is 15.3. The molecule has 93 heavy (non-hydrogen) atoms. The number of para-hydroxylation sites is 1. The molecule has 4 aromatic carbocycles. The summed E-state index contributed by atoms with van der Waals surface area (Å²) >= 11 is 0. The zero-order valence-corrected chi connectivity index (χ0v) is 50.2. The first kappa shape index (κ1) is 64.5. The van der Waals surface area contributed by atoms with Gasteiger partial charge < -0.3 is 75.2 Å². The first-order chi connectivity index (χ1) is 44.4. The second-order valence-electron chi connectivity index (χ2n) is 25.5. The summed E-state index contributed by atoms with van der Waals surface area (Å²) in [5.74, 6) is -4.20. The van der Waals surface area contributed by atoms with Crippen molar-refractivity contribution in [3.05, 3.63) is 148 Å². The lowest BCUT2D eigenvalue weighted by molar-refractivity contribution is -0.271. The number of allylic oxidation sites excluding steroid dienone is 4. The summed E-state index contributed by atoms with van der Waals surface area (Å²) in [5.41, 5.74) is 0.715. The number of aliphatic hydroxyl groups is 5. The van der Waals surface area contributed by atoms with Crippen molar-refractivity contribution in [3.63, 3.8) is 0 Å². The number of ether oxygens (including phenoxy) is 5. The SMILES string of the molecule is C[C@]12C=CC(=O)C=C1CC[C@@H]1[C@@H]2[C@@H](O)CC2[C@H]1C[C@H]1O[C@@H](c3ccc(CC4(NC(=O)OCc5ccc(O[C@@H]6O[C@H](C(=O)O)[C@@H](O)[C@H](O)[C@H]6O)c(NC(=O)CCNC(=O)C(=O)CC(=O)N6Cc7ccccc7C#Cc7ccccc76)c5)CC(F)(F)C4)cc3)O[C@@]21C(=O)CO. The Balaban J connectivity index is 0.683. The van der Waals surface area contributed by atoms with Crippen molar-refractivity contribution in [3.8, 4) is 17.6 Å². The van der Waals surface area contributed by atoms with Crippen LogP contribution < -0.4 is 25.6 Å². The molecule has 3 heterocycles. The van der Waals surface area contributed by atoms with Gasteiger partial charge in [0.1, 0.15) is 37.3 Å². The summed E-state index contributed by atoms with van der Waals surface area (Å²) in [5, 5.41) is 70.9. The van der Waals surface area contributed by atoms with Gasteiger partial charge in [0.05, 0.1) is 42.1 Å². The average Bonchev–Trinajstić information content (AvgIpc) is 1.57. The van der Waals surface area contributed by atoms with Gasteiger partial charge >= 0.3 is 12.1 Å². The number of rotatable bonds is 18. The van der Waals surface area contributed by atoms with Crippen LogP contribution in [-0.4, -0.2) is 151 Å². The Morgan fingerprint density at radius 1 is 0.839 bits per heavy atom. The standard InChI is InChI=1S/C68H68F2N4O19/c1-65-22-20-42(76)25-41(65)17-18-43-44-26-52-68(51(79)31-75,45(44)27-48(77)55(43)65)93-62(91-52)39-13-10-35(11-14-39)29-66(33-67(69,70)34-66)73-64(88)89-32-36-12-19-50(90-63-58(84)56(82)57(83)59(92-63)61(86)87)46(24-36)72-53(80)21-23-71-60(85)49(78)28-54(81)74-30-40-8-3-2-6-37(40)15-16-38-7-4-5-9-47(38)74/h2-14,19-20,22,24-25,43-45,48,52,55-59,62-63,75,77,82-84H,17-18,21,23,26-34H2,1H3,(H,71,85)(H,72,80)(H,73,88)(H,86,87)/t43-,44-,45?,48-,52+,55+,56-,57-,58+,59-,62+,63+,65-,68+/m0/s1. The number of anilines is 2. The molecular formula is C68H68F2N4O19. The summed E-state index contributed by atoms with van der Waals surface area (Å²) in [7, 11) is 0. The number of benzene rings is 4. The highest BCUT2D eigenvalue weighted by Gasteiger charge is 2.71. The molecule has 23 nitrogen and oxygen atoms in total. The maximum absolute atomic E-state index is 14.8. The van der Waals surface area contributed by atoms with Gasteiger partial charge in [0.2, 0.25) is 23.9 Å². The average molecular weight is 1280 g/mol. The lowest BCUT2D eigenvalue weighted by Crippen LogP contribution is -2.63. The maximum atomic E-state index is 14.8. The van der Waals surface area contributed by atoms with Crippen molar-refractivity contribution < 1.29 is 101 Å². The van der Waals surface area contributed by atoms with Gasteiger partial charge in [-0.3, -0.25) is 28.8 Å². The van der Waals surface area contributed by atoms with Crippen LogP contribution in [0, 0.1) is 40.9 Å². The fraction of sp³-hybridized carbons (Fsp3) is 0.441. The topological polar surface area (TPSA) is 343 Å². The third kappa shape index (κ3) is 12.5. The third-order valence-electron chi connectivity index (χ3n) is 19.6. The highest BCUT2D eigenvalue weighted by atomic mass is 19.3. The molecule has 25 heteroatoms. The number of aliphatic carboxylic acids is 1. The first-order valence-corrected chi connectivity index (χ1v) is 30.7. The van der Waals surface area contributed by atoms with Crippen LogP contribution in [0.3, 0.4) is 0 Å². The monoisotopic (exact) mass is 1280 g/mol. The summed E-state index contributed by atoms with van der Waals surface area (Å²) in [6.45, 7) is 0.307. The van der Waals surface area contributed by atoms with Crippen molar-refractivity contribution in [2.24, 2.45) is 29.1 Å². The van der Waals surface area contributed by atoms with E-state index in [2.05, 4.69) is 27.8 Å². The summed E-state index contributed by atoms with van der Waals surface area (Å²) in [6.07, 6.45) is -9.75. The molecule has 2 saturated heterocycles. The molecule has 0 bridgehead atoms. The molecule has 3 aliphatic heterocycles. The molecule has 4 aromatic rings. The van der Waals surface area contributed by atoms with Gasteiger partial charge in [-0.1, -0.05) is 91.1 Å². The number of halogens is 2. The third-order valence-corrected chi connectivity index (χ3v) is 19.6. The molecule has 12 rings (SSSR count). The first-order valence-electron chi connectivity index (χ1n) is 30.7. The number of fused-ring (bicyclic) bond motifs is 9. The molecule has 4 amide bonds. The van der Waals surface area contributed by atoms with Crippen LogP contribution in [0.2, 0.25) is 0 Å². The summed E-state index contributed by atoms with van der Waals surface area (Å²) in [6, 6.07) is 24.4. The number of alkyl carbamates (subject to hydrolysis) is 1. The minimum Gasteiger partial charge on any atom is -0.479 e. The van der Waals surface area contributed by atoms with E-state index in [1.165, 1.54) is 23.1 Å². The van der Waals surface area contributed by atoms with Crippen molar-refractivity contribution in [1.29, 1.82) is 0 Å². The van der Waals surface area contributed by atoms with Gasteiger partial charge in [0.25, 0.3) is 11.8 Å². The smallest absolute Gasteiger partial charge is 0.407 e. The number of nitrogens with zero attached hydrogens (tertiary/aromatic N) is 1. The molecule has 1 unspecified atom stereocenters. The molecule has 0 radical (unpaired) electrons. The number of hydrogen-bond donors (Lipinski definition) is 9. The summed E-state index contributed by atoms with van der Waals surface area (Å²) in [4.78, 5) is 107. The second kappa shape index (κ2) is 25.4. The number of hydrogen-bond acceptors (Lipinski definition) is 18. The quantitative estimate of drug-likeness (QED) is 0.0384. The van der Waals surface area contributed by atoms with Gasteiger partial charge in [0.15, 0.2) is 29.6 Å². The number of Topliss-reactive ketones (excluding diaryl/α,β-unsaturated/α-hetero) is 2. The molecule has 0 spiro atoms. The van der Waals surface area contributed by atoms with E-state index >= 15 is 0 Å². The molecule has 9 N–H and O–H groups in total. The molecule has 4 saturated carbocycles. The lowest BCUT2D eigenvalue weighted by atomic mass is 9.49. The Morgan fingerprint density at radius 3 is 2.30 bits per heavy atom. The molecule has 14 atom stereocenters. The predicted molar refractivity (Wildman–Crippen MR) is 320 cm³/mol. The largest absolute Gasteiger partial charge is 0.479 e.